The molecule has 0 aliphatic heterocycles. The third-order valence-electron chi connectivity index (χ3n) is 4.14. The lowest BCUT2D eigenvalue weighted by Gasteiger charge is -2.25. The van der Waals surface area contributed by atoms with Gasteiger partial charge >= 0.3 is 0 Å². The molecule has 5 nitrogen and oxygen atoms in total. The average molecular weight is 312 g/mol. The lowest BCUT2D eigenvalue weighted by atomic mass is 9.88. The molecule has 0 heterocycles. The van der Waals surface area contributed by atoms with E-state index in [0.29, 0.717) is 24.6 Å². The Morgan fingerprint density at radius 1 is 1.29 bits per heavy atom. The van der Waals surface area contributed by atoms with E-state index in [2.05, 4.69) is 4.72 Å². The zero-order valence-corrected chi connectivity index (χ0v) is 13.2. The highest BCUT2D eigenvalue weighted by atomic mass is 32.2. The maximum atomic E-state index is 12.5. The number of nitrogen functional groups attached to an aromatic ring is 1. The summed E-state index contributed by atoms with van der Waals surface area (Å²) in [5.41, 5.74) is 6.94. The first-order valence-corrected chi connectivity index (χ1v) is 8.97. The van der Waals surface area contributed by atoms with Gasteiger partial charge in [-0.3, -0.25) is 0 Å². The van der Waals surface area contributed by atoms with Crippen molar-refractivity contribution in [2.75, 3.05) is 12.3 Å². The second kappa shape index (κ2) is 6.77. The summed E-state index contributed by atoms with van der Waals surface area (Å²) in [6.07, 6.45) is 3.66. The van der Waals surface area contributed by atoms with Crippen LogP contribution in [0.4, 0.5) is 5.69 Å². The molecule has 0 bridgehead atoms. The van der Waals surface area contributed by atoms with Gasteiger partial charge in [-0.05, 0) is 55.7 Å². The monoisotopic (exact) mass is 312 g/mol. The molecule has 1 aliphatic carbocycles. The van der Waals surface area contributed by atoms with E-state index in [9.17, 15) is 13.5 Å². The van der Waals surface area contributed by atoms with Gasteiger partial charge in [-0.15, -0.1) is 0 Å². The third kappa shape index (κ3) is 4.18. The van der Waals surface area contributed by atoms with E-state index in [4.69, 9.17) is 5.73 Å². The Morgan fingerprint density at radius 2 is 1.95 bits per heavy atom. The Morgan fingerprint density at radius 3 is 2.57 bits per heavy atom. The second-order valence-electron chi connectivity index (χ2n) is 5.75. The van der Waals surface area contributed by atoms with Crippen LogP contribution in [0, 0.1) is 5.92 Å². The quantitative estimate of drug-likeness (QED) is 0.721. The van der Waals surface area contributed by atoms with Crippen molar-refractivity contribution in [2.24, 2.45) is 5.92 Å². The molecule has 4 N–H and O–H groups in total. The molecule has 0 amide bonds. The number of hydrogen-bond donors (Lipinski definition) is 3. The topological polar surface area (TPSA) is 92.4 Å². The maximum absolute atomic E-state index is 12.5. The fourth-order valence-electron chi connectivity index (χ4n) is 2.77. The largest absolute Gasteiger partial charge is 0.399 e. The lowest BCUT2D eigenvalue weighted by molar-refractivity contribution is 0.109. The number of nitrogens with two attached hydrogens (primary N) is 1. The SMILES string of the molecule is CCc1ccc(N)cc1S(=O)(=O)NCC1CCC(O)CC1. The minimum Gasteiger partial charge on any atom is -0.399 e. The molecule has 6 heteroatoms. The second-order valence-corrected chi connectivity index (χ2v) is 7.48. The predicted octanol–water partition coefficient (Wildman–Crippen LogP) is 1.66. The van der Waals surface area contributed by atoms with E-state index < -0.39 is 10.0 Å². The van der Waals surface area contributed by atoms with Crippen molar-refractivity contribution in [3.05, 3.63) is 23.8 Å². The molecular formula is C15H24N2O3S. The van der Waals surface area contributed by atoms with Crippen molar-refractivity contribution in [3.63, 3.8) is 0 Å². The maximum Gasteiger partial charge on any atom is 0.240 e. The molecule has 2 rings (SSSR count). The summed E-state index contributed by atoms with van der Waals surface area (Å²) in [6.45, 7) is 2.35. The molecule has 1 aliphatic rings. The van der Waals surface area contributed by atoms with E-state index in [1.54, 1.807) is 12.1 Å². The Hall–Kier alpha value is -1.11. The van der Waals surface area contributed by atoms with Crippen molar-refractivity contribution in [3.8, 4) is 0 Å². The first-order valence-electron chi connectivity index (χ1n) is 7.48. The Kier molecular flexibility index (Phi) is 5.24. The van der Waals surface area contributed by atoms with Crippen LogP contribution < -0.4 is 10.5 Å². The minimum absolute atomic E-state index is 0.224. The zero-order valence-electron chi connectivity index (χ0n) is 12.4. The van der Waals surface area contributed by atoms with Crippen molar-refractivity contribution in [1.82, 2.24) is 4.72 Å². The van der Waals surface area contributed by atoms with E-state index in [1.165, 1.54) is 6.07 Å². The molecule has 1 fully saturated rings. The molecule has 0 saturated heterocycles. The summed E-state index contributed by atoms with van der Waals surface area (Å²) in [5.74, 6) is 0.300. The molecule has 0 radical (unpaired) electrons. The minimum atomic E-state index is -3.53. The van der Waals surface area contributed by atoms with Gasteiger partial charge in [-0.25, -0.2) is 13.1 Å². The van der Waals surface area contributed by atoms with Crippen LogP contribution in [0.25, 0.3) is 0 Å². The Balaban J connectivity index is 2.06. The van der Waals surface area contributed by atoms with Crippen LogP contribution in [0.15, 0.2) is 23.1 Å². The van der Waals surface area contributed by atoms with Gasteiger partial charge in [-0.2, -0.15) is 0 Å². The van der Waals surface area contributed by atoms with Gasteiger partial charge in [-0.1, -0.05) is 13.0 Å². The molecule has 0 atom stereocenters. The van der Waals surface area contributed by atoms with E-state index in [-0.39, 0.29) is 11.0 Å². The summed E-state index contributed by atoms with van der Waals surface area (Å²) < 4.78 is 27.6. The molecule has 1 aromatic carbocycles. The fraction of sp³-hybridized carbons (Fsp3) is 0.600. The number of sulfonamides is 1. The molecule has 1 saturated carbocycles. The zero-order chi connectivity index (χ0) is 15.5. The molecular weight excluding hydrogens is 288 g/mol. The summed E-state index contributed by atoms with van der Waals surface area (Å²) in [4.78, 5) is 0.279. The van der Waals surface area contributed by atoms with E-state index >= 15 is 0 Å². The van der Waals surface area contributed by atoms with Gasteiger partial charge in [0.05, 0.1) is 11.0 Å². The van der Waals surface area contributed by atoms with Gasteiger partial charge in [0.1, 0.15) is 0 Å². The molecule has 0 spiro atoms. The molecule has 1 aromatic rings. The van der Waals surface area contributed by atoms with Crippen LogP contribution in [0.2, 0.25) is 0 Å². The lowest BCUT2D eigenvalue weighted by Crippen LogP contribution is -2.32. The summed E-state index contributed by atoms with van der Waals surface area (Å²) in [6, 6.07) is 5.01. The molecule has 21 heavy (non-hydrogen) atoms. The number of nitrogens with one attached hydrogen (secondary N) is 1. The van der Waals surface area contributed by atoms with E-state index in [0.717, 1.165) is 31.2 Å². The molecule has 118 valence electrons. The van der Waals surface area contributed by atoms with Crippen LogP contribution in [0.3, 0.4) is 0 Å². The Labute approximate surface area is 126 Å². The highest BCUT2D eigenvalue weighted by Gasteiger charge is 2.23. The summed E-state index contributed by atoms with van der Waals surface area (Å²) >= 11 is 0. The smallest absolute Gasteiger partial charge is 0.240 e. The molecule has 0 aromatic heterocycles. The summed E-state index contributed by atoms with van der Waals surface area (Å²) in [7, 11) is -3.53. The van der Waals surface area contributed by atoms with Crippen molar-refractivity contribution >= 4 is 15.7 Å². The van der Waals surface area contributed by atoms with Crippen molar-refractivity contribution in [2.45, 2.75) is 50.0 Å². The van der Waals surface area contributed by atoms with E-state index in [1.807, 2.05) is 6.92 Å². The number of anilines is 1. The number of aryl methyl sites for hydroxylation is 1. The summed E-state index contributed by atoms with van der Waals surface area (Å²) in [5, 5.41) is 9.48. The van der Waals surface area contributed by atoms with Gasteiger partial charge in [0.15, 0.2) is 0 Å². The highest BCUT2D eigenvalue weighted by molar-refractivity contribution is 7.89. The fourth-order valence-corrected chi connectivity index (χ4v) is 4.23. The first kappa shape index (κ1) is 16.3. The van der Waals surface area contributed by atoms with Crippen molar-refractivity contribution in [1.29, 1.82) is 0 Å². The number of aliphatic hydroxyl groups is 1. The van der Waals surface area contributed by atoms with Crippen LogP contribution >= 0.6 is 0 Å². The normalized spacial score (nSPS) is 23.1. The average Bonchev–Trinajstić information content (AvgIpc) is 2.47. The third-order valence-corrected chi connectivity index (χ3v) is 5.65. The number of benzene rings is 1. The van der Waals surface area contributed by atoms with Crippen LogP contribution in [0.5, 0.6) is 0 Å². The van der Waals surface area contributed by atoms with Gasteiger partial charge in [0.2, 0.25) is 10.0 Å². The molecule has 0 unspecified atom stereocenters. The van der Waals surface area contributed by atoms with Gasteiger partial charge in [0.25, 0.3) is 0 Å². The van der Waals surface area contributed by atoms with Gasteiger partial charge in [0, 0.05) is 12.2 Å². The first-order chi connectivity index (χ1) is 9.92. The standard InChI is InChI=1S/C15H24N2O3S/c1-2-12-5-6-13(16)9-15(12)21(19,20)17-10-11-3-7-14(18)8-4-11/h5-6,9,11,14,17-18H,2-4,7-8,10,16H2,1H3. The van der Waals surface area contributed by atoms with Crippen LogP contribution in [-0.2, 0) is 16.4 Å². The van der Waals surface area contributed by atoms with Gasteiger partial charge < -0.3 is 10.8 Å². The highest BCUT2D eigenvalue weighted by Crippen LogP contribution is 2.25. The number of hydrogen-bond acceptors (Lipinski definition) is 4. The number of aliphatic hydroxyl groups excluding tert-OH is 1. The Bertz CT molecular complexity index is 579. The van der Waals surface area contributed by atoms with Crippen molar-refractivity contribution < 1.29 is 13.5 Å². The number of rotatable bonds is 5. The van der Waals surface area contributed by atoms with Crippen LogP contribution in [-0.4, -0.2) is 26.2 Å². The predicted molar refractivity (Wildman–Crippen MR) is 83.4 cm³/mol. The van der Waals surface area contributed by atoms with Crippen LogP contribution in [0.1, 0.15) is 38.2 Å².